The van der Waals surface area contributed by atoms with E-state index in [9.17, 15) is 13.2 Å². The van der Waals surface area contributed by atoms with Crippen LogP contribution in [0.4, 0.5) is 11.4 Å². The molecule has 0 radical (unpaired) electrons. The van der Waals surface area contributed by atoms with Gasteiger partial charge in [0.05, 0.1) is 17.2 Å². The minimum atomic E-state index is -4.00. The largest absolute Gasteiger partial charge is 0.493 e. The second-order valence-corrected chi connectivity index (χ2v) is 10.9. The number of rotatable bonds is 9. The van der Waals surface area contributed by atoms with Crippen molar-refractivity contribution in [1.29, 1.82) is 0 Å². The molecular formula is C30H28N4O4S2. The Morgan fingerprint density at radius 1 is 0.850 bits per heavy atom. The minimum Gasteiger partial charge on any atom is -0.493 e. The molecule has 0 unspecified atom stereocenters. The summed E-state index contributed by atoms with van der Waals surface area (Å²) in [4.78, 5) is 12.6. The lowest BCUT2D eigenvalue weighted by Crippen LogP contribution is -2.34. The van der Waals surface area contributed by atoms with E-state index in [1.54, 1.807) is 24.3 Å². The lowest BCUT2D eigenvalue weighted by molar-refractivity contribution is 0.0977. The maximum Gasteiger partial charge on any atom is 0.299 e. The van der Waals surface area contributed by atoms with Gasteiger partial charge in [-0.2, -0.15) is 8.42 Å². The van der Waals surface area contributed by atoms with Crippen LogP contribution < -0.4 is 15.4 Å². The third kappa shape index (κ3) is 7.81. The number of hydrogen-bond donors (Lipinski definition) is 2. The van der Waals surface area contributed by atoms with E-state index in [-0.39, 0.29) is 15.9 Å². The van der Waals surface area contributed by atoms with E-state index in [2.05, 4.69) is 20.3 Å². The molecule has 0 aliphatic carbocycles. The summed E-state index contributed by atoms with van der Waals surface area (Å²) in [5.41, 5.74) is 4.29. The lowest BCUT2D eigenvalue weighted by Gasteiger charge is -2.11. The van der Waals surface area contributed by atoms with Gasteiger partial charge in [-0.05, 0) is 91.3 Å². The van der Waals surface area contributed by atoms with E-state index in [4.69, 9.17) is 17.0 Å². The number of thiocarbonyl (C=S) groups is 1. The number of aryl methyl sites for hydroxylation is 2. The molecule has 8 nitrogen and oxygen atoms in total. The van der Waals surface area contributed by atoms with Crippen LogP contribution in [0.2, 0.25) is 0 Å². The summed E-state index contributed by atoms with van der Waals surface area (Å²) in [5.74, 6) is 0.274. The Morgan fingerprint density at radius 3 is 2.15 bits per heavy atom. The van der Waals surface area contributed by atoms with Gasteiger partial charge in [0.25, 0.3) is 15.9 Å². The second kappa shape index (κ2) is 13.1. The van der Waals surface area contributed by atoms with Crippen LogP contribution in [0, 0.1) is 13.8 Å². The fourth-order valence-corrected chi connectivity index (χ4v) is 4.76. The van der Waals surface area contributed by atoms with Crippen LogP contribution in [0.5, 0.6) is 5.75 Å². The third-order valence-electron chi connectivity index (χ3n) is 5.94. The van der Waals surface area contributed by atoms with Crippen molar-refractivity contribution in [3.05, 3.63) is 119 Å². The Bertz CT molecular complexity index is 1600. The van der Waals surface area contributed by atoms with Crippen molar-refractivity contribution in [1.82, 2.24) is 5.32 Å². The van der Waals surface area contributed by atoms with E-state index >= 15 is 0 Å². The van der Waals surface area contributed by atoms with Crippen molar-refractivity contribution in [3.63, 3.8) is 0 Å². The van der Waals surface area contributed by atoms with Gasteiger partial charge in [0, 0.05) is 17.7 Å². The molecule has 0 aliphatic heterocycles. The number of sulfonamides is 1. The van der Waals surface area contributed by atoms with E-state index in [0.29, 0.717) is 29.3 Å². The van der Waals surface area contributed by atoms with E-state index in [0.717, 1.165) is 17.5 Å². The highest BCUT2D eigenvalue weighted by atomic mass is 32.2. The van der Waals surface area contributed by atoms with Crippen molar-refractivity contribution in [2.45, 2.75) is 25.2 Å². The highest BCUT2D eigenvalue weighted by Gasteiger charge is 2.14. The zero-order valence-corrected chi connectivity index (χ0v) is 23.6. The fourth-order valence-electron chi connectivity index (χ4n) is 3.79. The third-order valence-corrected chi connectivity index (χ3v) is 7.31. The summed E-state index contributed by atoms with van der Waals surface area (Å²) in [6, 6.07) is 28.2. The Morgan fingerprint density at radius 2 is 1.50 bits per heavy atom. The van der Waals surface area contributed by atoms with Crippen molar-refractivity contribution in [2.24, 2.45) is 9.63 Å². The first-order valence-electron chi connectivity index (χ1n) is 12.4. The zero-order valence-electron chi connectivity index (χ0n) is 22.0. The maximum atomic E-state index is 12.6. The topological polar surface area (TPSA) is 109 Å². The number of anilines is 1. The Kier molecular flexibility index (Phi) is 9.36. The Hall–Kier alpha value is -4.41. The summed E-state index contributed by atoms with van der Waals surface area (Å²) in [7, 11) is -4.00. The number of nitrogens with zero attached hydrogens (tertiary/aromatic N) is 2. The van der Waals surface area contributed by atoms with Crippen LogP contribution in [0.1, 0.15) is 27.0 Å². The number of ether oxygens (including phenoxy) is 1. The van der Waals surface area contributed by atoms with Crippen molar-refractivity contribution < 1.29 is 17.9 Å². The highest BCUT2D eigenvalue weighted by molar-refractivity contribution is 7.90. The maximum absolute atomic E-state index is 12.6. The zero-order chi connectivity index (χ0) is 28.5. The van der Waals surface area contributed by atoms with Gasteiger partial charge in [-0.3, -0.25) is 10.1 Å². The predicted octanol–water partition coefficient (Wildman–Crippen LogP) is 6.52. The van der Waals surface area contributed by atoms with E-state index in [1.807, 2.05) is 62.4 Å². The van der Waals surface area contributed by atoms with E-state index in [1.165, 1.54) is 29.8 Å². The molecule has 4 aromatic rings. The van der Waals surface area contributed by atoms with Gasteiger partial charge in [0.15, 0.2) is 5.11 Å². The van der Waals surface area contributed by atoms with Gasteiger partial charge in [-0.25, -0.2) is 0 Å². The first-order valence-corrected chi connectivity index (χ1v) is 14.3. The molecule has 40 heavy (non-hydrogen) atoms. The average Bonchev–Trinajstić information content (AvgIpc) is 2.94. The fraction of sp³-hybridized carbons (Fsp3) is 0.133. The molecule has 4 aromatic carbocycles. The van der Waals surface area contributed by atoms with E-state index < -0.39 is 10.0 Å². The summed E-state index contributed by atoms with van der Waals surface area (Å²) < 4.78 is 34.6. The van der Waals surface area contributed by atoms with Crippen LogP contribution in [0.15, 0.2) is 112 Å². The number of carbonyl (C=O) groups is 1. The average molecular weight is 573 g/mol. The monoisotopic (exact) mass is 572 g/mol. The van der Waals surface area contributed by atoms with Crippen LogP contribution in [-0.4, -0.2) is 26.0 Å². The van der Waals surface area contributed by atoms with Crippen molar-refractivity contribution in [3.8, 4) is 5.75 Å². The van der Waals surface area contributed by atoms with Crippen LogP contribution in [0.25, 0.3) is 0 Å². The number of nitrogens with one attached hydrogen (secondary N) is 2. The molecule has 2 N–H and O–H groups in total. The molecule has 0 spiro atoms. The molecule has 10 heteroatoms. The molecule has 0 aliphatic rings. The number of amides is 1. The molecule has 1 amide bonds. The molecular weight excluding hydrogens is 544 g/mol. The van der Waals surface area contributed by atoms with Gasteiger partial charge in [-0.15, -0.1) is 5.11 Å². The Balaban J connectivity index is 1.29. The molecule has 0 fully saturated rings. The summed E-state index contributed by atoms with van der Waals surface area (Å²) in [6.07, 6.45) is 0.785. The SMILES string of the molecule is Cc1cccc(C)c1N=NS(=O)(=O)c1ccc(NC(=S)NC(=O)c2ccc(OCCc3ccccc3)cc2)cc1. The molecule has 4 rings (SSSR count). The normalized spacial score (nSPS) is 11.2. The molecule has 0 aromatic heterocycles. The molecule has 204 valence electrons. The summed E-state index contributed by atoms with van der Waals surface area (Å²) in [6.45, 7) is 4.21. The van der Waals surface area contributed by atoms with Gasteiger partial charge in [0.2, 0.25) is 0 Å². The molecule has 0 atom stereocenters. The van der Waals surface area contributed by atoms with Crippen molar-refractivity contribution >= 4 is 44.6 Å². The smallest absolute Gasteiger partial charge is 0.299 e. The first-order chi connectivity index (χ1) is 19.2. The van der Waals surface area contributed by atoms with Crippen LogP contribution in [0.3, 0.4) is 0 Å². The number of carbonyl (C=O) groups excluding carboxylic acids is 1. The summed E-state index contributed by atoms with van der Waals surface area (Å²) in [5, 5.41) is 9.52. The predicted molar refractivity (Wildman–Crippen MR) is 160 cm³/mol. The van der Waals surface area contributed by atoms with Crippen LogP contribution in [-0.2, 0) is 16.4 Å². The first kappa shape index (κ1) is 28.6. The minimum absolute atomic E-state index is 0.0194. The lowest BCUT2D eigenvalue weighted by atomic mass is 10.1. The molecule has 0 heterocycles. The van der Waals surface area contributed by atoms with Crippen LogP contribution >= 0.6 is 12.2 Å². The number of hydrogen-bond acceptors (Lipinski definition) is 6. The molecule has 0 saturated heterocycles. The molecule has 0 saturated carbocycles. The summed E-state index contributed by atoms with van der Waals surface area (Å²) >= 11 is 5.25. The van der Waals surface area contributed by atoms with Gasteiger partial charge in [0.1, 0.15) is 5.75 Å². The molecule has 0 bridgehead atoms. The van der Waals surface area contributed by atoms with Crippen molar-refractivity contribution in [2.75, 3.05) is 11.9 Å². The standard InChI is InChI=1S/C30H28N4O4S2/c1-21-7-6-8-22(2)28(21)33-34-40(36,37)27-17-13-25(14-18-27)31-30(39)32-29(35)24-11-15-26(16-12-24)38-20-19-23-9-4-3-5-10-23/h3-18H,19-20H2,1-2H3,(H2,31,32,35,39). The number of benzene rings is 4. The Labute approximate surface area is 239 Å². The van der Waals surface area contributed by atoms with Gasteiger partial charge < -0.3 is 10.1 Å². The van der Waals surface area contributed by atoms with Gasteiger partial charge >= 0.3 is 0 Å². The highest BCUT2D eigenvalue weighted by Crippen LogP contribution is 2.25. The quantitative estimate of drug-likeness (QED) is 0.174. The second-order valence-electron chi connectivity index (χ2n) is 8.94. The van der Waals surface area contributed by atoms with Gasteiger partial charge in [-0.1, -0.05) is 53.1 Å².